The molecule has 0 bridgehead atoms. The first-order chi connectivity index (χ1) is 24.8. The molecule has 1 aromatic rings. The lowest BCUT2D eigenvalue weighted by atomic mass is 9.96. The third-order valence-corrected chi connectivity index (χ3v) is 8.43. The van der Waals surface area contributed by atoms with Gasteiger partial charge in [-0.2, -0.15) is 0 Å². The molecule has 0 aliphatic heterocycles. The Morgan fingerprint density at radius 1 is 0.698 bits per heavy atom. The first kappa shape index (κ1) is 46.0. The molecule has 1 rings (SSSR count). The Bertz CT molecular complexity index is 1420. The molecular weight excluding hydrogens is 688 g/mol. The summed E-state index contributed by atoms with van der Waals surface area (Å²) < 4.78 is 0. The number of nitrogens with one attached hydrogen (secondary N) is 5. The molecule has 0 aliphatic carbocycles. The van der Waals surface area contributed by atoms with Crippen LogP contribution in [0.4, 0.5) is 0 Å². The predicted molar refractivity (Wildman–Crippen MR) is 196 cm³/mol. The van der Waals surface area contributed by atoms with Gasteiger partial charge in [0, 0.05) is 12.8 Å². The Morgan fingerprint density at radius 3 is 1.74 bits per heavy atom. The fourth-order valence-corrected chi connectivity index (χ4v) is 5.37. The van der Waals surface area contributed by atoms with Crippen LogP contribution in [-0.2, 0) is 44.8 Å². The zero-order valence-corrected chi connectivity index (χ0v) is 31.5. The lowest BCUT2D eigenvalue weighted by Crippen LogP contribution is -2.60. The first-order valence-electron chi connectivity index (χ1n) is 17.8. The van der Waals surface area contributed by atoms with Crippen LogP contribution < -0.4 is 43.8 Å². The molecule has 0 spiro atoms. The van der Waals surface area contributed by atoms with Crippen LogP contribution in [0.3, 0.4) is 0 Å². The van der Waals surface area contributed by atoms with Crippen molar-refractivity contribution in [3.8, 4) is 5.75 Å². The summed E-state index contributed by atoms with van der Waals surface area (Å²) in [6.07, 6.45) is 0.236. The van der Waals surface area contributed by atoms with Crippen LogP contribution >= 0.6 is 0 Å². The minimum Gasteiger partial charge on any atom is -0.508 e. The summed E-state index contributed by atoms with van der Waals surface area (Å²) in [5.41, 5.74) is 17.3. The maximum Gasteiger partial charge on any atom is 0.243 e. The average Bonchev–Trinajstić information content (AvgIpc) is 3.07. The van der Waals surface area contributed by atoms with E-state index in [0.29, 0.717) is 24.7 Å². The molecule has 0 saturated carbocycles. The SMILES string of the molecule is CC[C@H](C)[C@H](NC(=O)[C@H](Cc1ccc(O)cc1)NC(=O)[C@@H](N)CC(C)C)C(=O)N[C@@H](CCC(N)=O)C(=O)N[C@@H](CC(N)=O)C(=O)N[C@H](C=O)CC(C)C. The van der Waals surface area contributed by atoms with Crippen molar-refractivity contribution < 1.29 is 43.5 Å². The molecule has 0 aromatic heterocycles. The second-order valence-electron chi connectivity index (χ2n) is 14.2. The van der Waals surface area contributed by atoms with Crippen LogP contribution in [0.15, 0.2) is 24.3 Å². The van der Waals surface area contributed by atoms with Crippen molar-refractivity contribution in [3.05, 3.63) is 29.8 Å². The van der Waals surface area contributed by atoms with Crippen LogP contribution in [0.2, 0.25) is 0 Å². The lowest BCUT2D eigenvalue weighted by molar-refractivity contribution is -0.136. The van der Waals surface area contributed by atoms with E-state index in [1.54, 1.807) is 26.0 Å². The van der Waals surface area contributed by atoms with Crippen LogP contribution in [0, 0.1) is 17.8 Å². The van der Waals surface area contributed by atoms with Gasteiger partial charge in [0.1, 0.15) is 36.2 Å². The van der Waals surface area contributed by atoms with Crippen LogP contribution in [0.5, 0.6) is 5.75 Å². The van der Waals surface area contributed by atoms with E-state index < -0.39 is 89.9 Å². The number of phenolic OH excluding ortho intramolecular Hbond substituents is 1. The minimum atomic E-state index is -1.53. The van der Waals surface area contributed by atoms with Crippen molar-refractivity contribution in [2.75, 3.05) is 0 Å². The summed E-state index contributed by atoms with van der Waals surface area (Å²) in [4.78, 5) is 102. The van der Waals surface area contributed by atoms with E-state index in [2.05, 4.69) is 26.6 Å². The van der Waals surface area contributed by atoms with Gasteiger partial charge in [0.25, 0.3) is 0 Å². The van der Waals surface area contributed by atoms with Crippen molar-refractivity contribution in [2.24, 2.45) is 35.0 Å². The molecule has 17 nitrogen and oxygen atoms in total. The molecule has 53 heavy (non-hydrogen) atoms. The number of aldehydes is 1. The highest BCUT2D eigenvalue weighted by atomic mass is 16.3. The molecular formula is C36H58N8O9. The number of primary amides is 2. The predicted octanol–water partition coefficient (Wildman–Crippen LogP) is -0.836. The molecule has 0 heterocycles. The quantitative estimate of drug-likeness (QED) is 0.0591. The van der Waals surface area contributed by atoms with Gasteiger partial charge in [-0.25, -0.2) is 0 Å². The molecule has 0 saturated heterocycles. The summed E-state index contributed by atoms with van der Waals surface area (Å²) in [5, 5.41) is 22.5. The summed E-state index contributed by atoms with van der Waals surface area (Å²) >= 11 is 0. The normalized spacial score (nSPS) is 15.1. The van der Waals surface area contributed by atoms with E-state index in [9.17, 15) is 43.5 Å². The monoisotopic (exact) mass is 746 g/mol. The maximum absolute atomic E-state index is 13.8. The minimum absolute atomic E-state index is 0.000892. The largest absolute Gasteiger partial charge is 0.508 e. The molecule has 0 fully saturated rings. The Kier molecular flexibility index (Phi) is 19.8. The van der Waals surface area contributed by atoms with Crippen LogP contribution in [0.1, 0.15) is 85.6 Å². The zero-order valence-electron chi connectivity index (χ0n) is 31.5. The molecule has 7 amide bonds. The smallest absolute Gasteiger partial charge is 0.243 e. The molecule has 17 heteroatoms. The van der Waals surface area contributed by atoms with Gasteiger partial charge in [-0.15, -0.1) is 0 Å². The van der Waals surface area contributed by atoms with Gasteiger partial charge in [0.2, 0.25) is 41.4 Å². The van der Waals surface area contributed by atoms with Gasteiger partial charge in [0.05, 0.1) is 18.5 Å². The molecule has 0 unspecified atom stereocenters. The lowest BCUT2D eigenvalue weighted by Gasteiger charge is -2.29. The van der Waals surface area contributed by atoms with Gasteiger partial charge in [0.15, 0.2) is 0 Å². The summed E-state index contributed by atoms with van der Waals surface area (Å²) in [5.74, 6) is -6.07. The highest BCUT2D eigenvalue weighted by Gasteiger charge is 2.35. The molecule has 1 aromatic carbocycles. The summed E-state index contributed by atoms with van der Waals surface area (Å²) in [7, 11) is 0. The Hall–Kier alpha value is -5.06. The van der Waals surface area contributed by atoms with E-state index in [0.717, 1.165) is 0 Å². The van der Waals surface area contributed by atoms with Gasteiger partial charge >= 0.3 is 0 Å². The van der Waals surface area contributed by atoms with Gasteiger partial charge in [-0.3, -0.25) is 33.6 Å². The standard InChI is InChI=1S/C36H58N8O9/c1-7-21(6)31(44-35(52)27(16-22-8-10-24(46)11-9-22)42-32(49)25(37)15-20(4)5)36(53)41-26(12-13-29(38)47)33(50)43-28(17-30(39)48)34(51)40-23(18-45)14-19(2)3/h8-11,18-21,23,25-28,31,46H,7,12-17,37H2,1-6H3,(H2,38,47)(H2,39,48)(H,40,51)(H,41,53)(H,42,49)(H,43,50)(H,44,52)/t21-,23-,25-,26-,27-,28-,31-/m0/s1. The fraction of sp³-hybridized carbons (Fsp3) is 0.611. The molecule has 7 atom stereocenters. The van der Waals surface area contributed by atoms with Gasteiger partial charge < -0.3 is 53.7 Å². The Labute approximate surface area is 310 Å². The molecule has 0 aliphatic rings. The Morgan fingerprint density at radius 2 is 1.23 bits per heavy atom. The van der Waals surface area contributed by atoms with Crippen molar-refractivity contribution in [2.45, 2.75) is 123 Å². The van der Waals surface area contributed by atoms with Gasteiger partial charge in [-0.1, -0.05) is 60.1 Å². The fourth-order valence-electron chi connectivity index (χ4n) is 5.37. The number of nitrogens with two attached hydrogens (primary N) is 3. The number of carbonyl (C=O) groups is 8. The number of benzene rings is 1. The number of aromatic hydroxyl groups is 1. The van der Waals surface area contributed by atoms with E-state index in [-0.39, 0.29) is 43.3 Å². The van der Waals surface area contributed by atoms with Crippen LogP contribution in [0.25, 0.3) is 0 Å². The number of rotatable bonds is 24. The number of amides is 7. The topological polar surface area (TPSA) is 295 Å². The van der Waals surface area contributed by atoms with Crippen molar-refractivity contribution >= 4 is 47.6 Å². The Balaban J connectivity index is 3.37. The number of phenols is 1. The van der Waals surface area contributed by atoms with Crippen molar-refractivity contribution in [3.63, 3.8) is 0 Å². The first-order valence-corrected chi connectivity index (χ1v) is 17.8. The highest BCUT2D eigenvalue weighted by Crippen LogP contribution is 2.14. The third kappa shape index (κ3) is 17.3. The molecule has 0 radical (unpaired) electrons. The highest BCUT2D eigenvalue weighted by molar-refractivity contribution is 5.97. The molecule has 296 valence electrons. The van der Waals surface area contributed by atoms with E-state index >= 15 is 0 Å². The average molecular weight is 747 g/mol. The third-order valence-electron chi connectivity index (χ3n) is 8.43. The maximum atomic E-state index is 13.8. The summed E-state index contributed by atoms with van der Waals surface area (Å²) in [6.45, 7) is 10.9. The second-order valence-corrected chi connectivity index (χ2v) is 14.2. The number of hydrogen-bond donors (Lipinski definition) is 9. The van der Waals surface area contributed by atoms with Crippen molar-refractivity contribution in [1.29, 1.82) is 0 Å². The zero-order chi connectivity index (χ0) is 40.4. The number of carbonyl (C=O) groups excluding carboxylic acids is 8. The number of hydrogen-bond acceptors (Lipinski definition) is 10. The van der Waals surface area contributed by atoms with E-state index in [1.165, 1.54) is 12.1 Å². The van der Waals surface area contributed by atoms with E-state index in [1.807, 2.05) is 27.7 Å². The molecule has 12 N–H and O–H groups in total. The van der Waals surface area contributed by atoms with Gasteiger partial charge in [-0.05, 0) is 54.7 Å². The van der Waals surface area contributed by atoms with E-state index in [4.69, 9.17) is 17.2 Å². The summed E-state index contributed by atoms with van der Waals surface area (Å²) in [6, 6.07) is -1.28. The van der Waals surface area contributed by atoms with Crippen LogP contribution in [-0.4, -0.2) is 89.0 Å². The second kappa shape index (κ2) is 22.8. The van der Waals surface area contributed by atoms with Crippen molar-refractivity contribution in [1.82, 2.24) is 26.6 Å².